The van der Waals surface area contributed by atoms with Gasteiger partial charge in [0.1, 0.15) is 11.6 Å². The van der Waals surface area contributed by atoms with Crippen LogP contribution in [-0.4, -0.2) is 14.6 Å². The minimum absolute atomic E-state index is 0.137. The maximum absolute atomic E-state index is 12.1. The molecule has 0 amide bonds. The van der Waals surface area contributed by atoms with Gasteiger partial charge in [0.05, 0.1) is 5.69 Å². The van der Waals surface area contributed by atoms with E-state index in [1.807, 2.05) is 6.07 Å². The molecule has 0 saturated heterocycles. The number of hydrogen-bond donors (Lipinski definition) is 2. The first-order valence-corrected chi connectivity index (χ1v) is 7.94. The van der Waals surface area contributed by atoms with Crippen molar-refractivity contribution in [2.24, 2.45) is 0 Å². The first-order valence-electron chi connectivity index (χ1n) is 7.94. The highest BCUT2D eigenvalue weighted by atomic mass is 16.1. The van der Waals surface area contributed by atoms with Crippen molar-refractivity contribution in [1.82, 2.24) is 19.9 Å². The molecule has 0 spiro atoms. The number of aromatic nitrogens is 3. The van der Waals surface area contributed by atoms with Crippen molar-refractivity contribution in [3.05, 3.63) is 69.3 Å². The molecule has 122 valence electrons. The fourth-order valence-electron chi connectivity index (χ4n) is 2.62. The minimum atomic E-state index is -0.224. The predicted octanol–water partition coefficient (Wildman–Crippen LogP) is 2.31. The van der Waals surface area contributed by atoms with Crippen LogP contribution in [0.1, 0.15) is 42.3 Å². The van der Waals surface area contributed by atoms with Crippen LogP contribution < -0.4 is 10.9 Å². The molecule has 24 heavy (non-hydrogen) atoms. The van der Waals surface area contributed by atoms with Gasteiger partial charge < -0.3 is 5.32 Å². The average molecular weight is 321 g/mol. The van der Waals surface area contributed by atoms with Crippen molar-refractivity contribution in [3.63, 3.8) is 0 Å². The summed E-state index contributed by atoms with van der Waals surface area (Å²) in [6.45, 7) is 4.66. The Labute approximate surface area is 139 Å². The molecule has 1 unspecified atom stereocenters. The Bertz CT molecular complexity index is 946. The smallest absolute Gasteiger partial charge is 0.272 e. The van der Waals surface area contributed by atoms with Gasteiger partial charge in [0.25, 0.3) is 5.56 Å². The Morgan fingerprint density at radius 1 is 1.38 bits per heavy atom. The van der Waals surface area contributed by atoms with E-state index in [1.54, 1.807) is 0 Å². The lowest BCUT2D eigenvalue weighted by Crippen LogP contribution is -2.22. The summed E-state index contributed by atoms with van der Waals surface area (Å²) in [6.07, 6.45) is 2.51. The van der Waals surface area contributed by atoms with Gasteiger partial charge in [0.15, 0.2) is 5.65 Å². The maximum atomic E-state index is 12.1. The van der Waals surface area contributed by atoms with E-state index in [0.717, 1.165) is 6.42 Å². The maximum Gasteiger partial charge on any atom is 0.272 e. The highest BCUT2D eigenvalue weighted by molar-refractivity contribution is 5.53. The molecule has 3 rings (SSSR count). The van der Waals surface area contributed by atoms with Crippen molar-refractivity contribution >= 4 is 5.65 Å². The molecule has 0 aliphatic rings. The molecule has 0 fully saturated rings. The van der Waals surface area contributed by atoms with Crippen molar-refractivity contribution in [2.45, 2.75) is 32.9 Å². The van der Waals surface area contributed by atoms with E-state index in [0.29, 0.717) is 23.4 Å². The number of nitrogens with one attached hydrogen (secondary N) is 2. The van der Waals surface area contributed by atoms with E-state index in [-0.39, 0.29) is 11.6 Å². The van der Waals surface area contributed by atoms with Gasteiger partial charge in [-0.05, 0) is 24.5 Å². The Morgan fingerprint density at radius 2 is 2.12 bits per heavy atom. The molecular formula is C18H19N5O. The molecule has 0 aliphatic heterocycles. The molecular weight excluding hydrogens is 302 g/mol. The predicted molar refractivity (Wildman–Crippen MR) is 91.6 cm³/mol. The summed E-state index contributed by atoms with van der Waals surface area (Å²) in [5, 5.41) is 15.2. The summed E-state index contributed by atoms with van der Waals surface area (Å²) in [5.41, 5.74) is 3.61. The molecule has 3 aromatic rings. The third-order valence-electron chi connectivity index (χ3n) is 4.15. The summed E-state index contributed by atoms with van der Waals surface area (Å²) >= 11 is 0. The summed E-state index contributed by atoms with van der Waals surface area (Å²) in [7, 11) is 0. The van der Waals surface area contributed by atoms with E-state index in [9.17, 15) is 4.79 Å². The van der Waals surface area contributed by atoms with Crippen LogP contribution in [-0.2, 0) is 13.0 Å². The van der Waals surface area contributed by atoms with Crippen molar-refractivity contribution in [1.29, 1.82) is 5.26 Å². The monoisotopic (exact) mass is 321 g/mol. The van der Waals surface area contributed by atoms with Crippen LogP contribution in [0.3, 0.4) is 0 Å². The van der Waals surface area contributed by atoms with Gasteiger partial charge in [-0.2, -0.15) is 5.26 Å². The Morgan fingerprint density at radius 3 is 2.79 bits per heavy atom. The lowest BCUT2D eigenvalue weighted by molar-refractivity contribution is 0.567. The number of rotatable bonds is 5. The molecule has 6 heteroatoms. The molecule has 0 bridgehead atoms. The Hall–Kier alpha value is -2.91. The molecule has 2 aromatic heterocycles. The molecule has 6 nitrogen and oxygen atoms in total. The van der Waals surface area contributed by atoms with Gasteiger partial charge >= 0.3 is 0 Å². The van der Waals surface area contributed by atoms with E-state index < -0.39 is 0 Å². The minimum Gasteiger partial charge on any atom is -0.305 e. The number of aryl methyl sites for hydroxylation is 1. The number of nitriles is 1. The molecule has 0 aliphatic carbocycles. The second-order valence-corrected chi connectivity index (χ2v) is 5.74. The lowest BCUT2D eigenvalue weighted by Gasteiger charge is -2.14. The number of aromatic amines is 1. The zero-order valence-corrected chi connectivity index (χ0v) is 13.7. The SMILES string of the molecule is CCc1ccc(C(C)NCc2cc(=O)n3[nH]cc(C#N)c3n2)cc1. The van der Waals surface area contributed by atoms with Crippen LogP contribution in [0, 0.1) is 11.3 Å². The largest absolute Gasteiger partial charge is 0.305 e. The van der Waals surface area contributed by atoms with Gasteiger partial charge in [0.2, 0.25) is 0 Å². The Balaban J connectivity index is 1.77. The third-order valence-corrected chi connectivity index (χ3v) is 4.15. The summed E-state index contributed by atoms with van der Waals surface area (Å²) < 4.78 is 1.27. The number of benzene rings is 1. The third kappa shape index (κ3) is 3.07. The fourth-order valence-corrected chi connectivity index (χ4v) is 2.62. The zero-order chi connectivity index (χ0) is 17.1. The van der Waals surface area contributed by atoms with E-state index in [2.05, 4.69) is 53.5 Å². The molecule has 0 radical (unpaired) electrons. The Kier molecular flexibility index (Phi) is 4.45. The van der Waals surface area contributed by atoms with Crippen LogP contribution in [0.4, 0.5) is 0 Å². The zero-order valence-electron chi connectivity index (χ0n) is 13.7. The summed E-state index contributed by atoms with van der Waals surface area (Å²) in [5.74, 6) is 0. The van der Waals surface area contributed by atoms with Crippen LogP contribution >= 0.6 is 0 Å². The topological polar surface area (TPSA) is 86.0 Å². The number of fused-ring (bicyclic) bond motifs is 1. The van der Waals surface area contributed by atoms with E-state index in [4.69, 9.17) is 5.26 Å². The van der Waals surface area contributed by atoms with Crippen molar-refractivity contribution in [2.75, 3.05) is 0 Å². The first kappa shape index (κ1) is 16.0. The number of H-pyrrole nitrogens is 1. The van der Waals surface area contributed by atoms with Gasteiger partial charge in [0, 0.05) is 24.8 Å². The van der Waals surface area contributed by atoms with Crippen LogP contribution in [0.2, 0.25) is 0 Å². The highest BCUT2D eigenvalue weighted by Crippen LogP contribution is 2.14. The second-order valence-electron chi connectivity index (χ2n) is 5.74. The molecule has 2 heterocycles. The molecule has 1 atom stereocenters. The van der Waals surface area contributed by atoms with Gasteiger partial charge in [-0.25, -0.2) is 9.50 Å². The van der Waals surface area contributed by atoms with Gasteiger partial charge in [-0.1, -0.05) is 31.2 Å². The average Bonchev–Trinajstić information content (AvgIpc) is 3.03. The van der Waals surface area contributed by atoms with E-state index >= 15 is 0 Å². The number of hydrogen-bond acceptors (Lipinski definition) is 4. The lowest BCUT2D eigenvalue weighted by atomic mass is 10.0. The second kappa shape index (κ2) is 6.69. The molecule has 0 saturated carbocycles. The fraction of sp³-hybridized carbons (Fsp3) is 0.278. The van der Waals surface area contributed by atoms with Crippen molar-refractivity contribution < 1.29 is 0 Å². The highest BCUT2D eigenvalue weighted by Gasteiger charge is 2.10. The normalized spacial score (nSPS) is 12.2. The van der Waals surface area contributed by atoms with Gasteiger partial charge in [-0.15, -0.1) is 0 Å². The van der Waals surface area contributed by atoms with Crippen molar-refractivity contribution in [3.8, 4) is 6.07 Å². The molecule has 1 aromatic carbocycles. The first-order chi connectivity index (χ1) is 11.6. The van der Waals surface area contributed by atoms with Gasteiger partial charge in [-0.3, -0.25) is 9.89 Å². The van der Waals surface area contributed by atoms with Crippen LogP contribution in [0.5, 0.6) is 0 Å². The summed E-state index contributed by atoms with van der Waals surface area (Å²) in [4.78, 5) is 16.5. The van der Waals surface area contributed by atoms with Crippen LogP contribution in [0.15, 0.2) is 41.3 Å². The van der Waals surface area contributed by atoms with Crippen LogP contribution in [0.25, 0.3) is 5.65 Å². The van der Waals surface area contributed by atoms with E-state index in [1.165, 1.54) is 27.9 Å². The molecule has 2 N–H and O–H groups in total. The number of nitrogens with zero attached hydrogens (tertiary/aromatic N) is 3. The standard InChI is InChI=1S/C18H19N5O/c1-3-13-4-6-14(7-5-13)12(2)20-11-16-8-17(24)23-18(22-16)15(9-19)10-21-23/h4-8,10,12,20-21H,3,11H2,1-2H3. The quantitative estimate of drug-likeness (QED) is 0.755. The summed E-state index contributed by atoms with van der Waals surface area (Å²) in [6, 6.07) is 12.1.